The Hall–Kier alpha value is -0.930. The zero-order valence-corrected chi connectivity index (χ0v) is 9.31. The molecular formula is C11H12ClFO2. The quantitative estimate of drug-likeness (QED) is 0.811. The van der Waals surface area contributed by atoms with Crippen LogP contribution in [0.25, 0.3) is 0 Å². The standard InChI is InChI=1S/C11H12ClFO2/c1-3-9(14)11(15)7-4-5-8(12)6(2)10(7)13/h4-5,9,14H,3H2,1-2H3. The number of hydrogen-bond acceptors (Lipinski definition) is 2. The van der Waals surface area contributed by atoms with Gasteiger partial charge in [0.2, 0.25) is 0 Å². The average Bonchev–Trinajstić information content (AvgIpc) is 2.24. The molecule has 0 aliphatic carbocycles. The Morgan fingerprint density at radius 2 is 2.20 bits per heavy atom. The second kappa shape index (κ2) is 4.73. The summed E-state index contributed by atoms with van der Waals surface area (Å²) in [6.45, 7) is 3.15. The highest BCUT2D eigenvalue weighted by Gasteiger charge is 2.20. The van der Waals surface area contributed by atoms with Crippen molar-refractivity contribution in [3.05, 3.63) is 34.1 Å². The lowest BCUT2D eigenvalue weighted by atomic mass is 10.0. The molecule has 1 N–H and O–H groups in total. The van der Waals surface area contributed by atoms with Gasteiger partial charge >= 0.3 is 0 Å². The lowest BCUT2D eigenvalue weighted by Gasteiger charge is -2.09. The van der Waals surface area contributed by atoms with E-state index in [4.69, 9.17) is 11.6 Å². The molecule has 4 heteroatoms. The summed E-state index contributed by atoms with van der Waals surface area (Å²) in [6, 6.07) is 2.75. The molecular weight excluding hydrogens is 219 g/mol. The van der Waals surface area contributed by atoms with Gasteiger partial charge in [-0.05, 0) is 25.5 Å². The third-order valence-corrected chi connectivity index (χ3v) is 2.68. The molecule has 0 aliphatic heterocycles. The third-order valence-electron chi connectivity index (χ3n) is 2.28. The van der Waals surface area contributed by atoms with Crippen LogP contribution in [0.1, 0.15) is 29.3 Å². The van der Waals surface area contributed by atoms with Crippen molar-refractivity contribution in [3.8, 4) is 0 Å². The summed E-state index contributed by atoms with van der Waals surface area (Å²) in [5.74, 6) is -1.25. The minimum absolute atomic E-state index is 0.105. The van der Waals surface area contributed by atoms with E-state index in [-0.39, 0.29) is 22.6 Å². The Balaban J connectivity index is 3.16. The fraction of sp³-hybridized carbons (Fsp3) is 0.364. The molecule has 15 heavy (non-hydrogen) atoms. The molecule has 1 aromatic rings. The molecule has 2 nitrogen and oxygen atoms in total. The van der Waals surface area contributed by atoms with E-state index in [1.54, 1.807) is 6.92 Å². The number of rotatable bonds is 3. The van der Waals surface area contributed by atoms with Crippen LogP contribution in [0.5, 0.6) is 0 Å². The Morgan fingerprint density at radius 1 is 1.60 bits per heavy atom. The first-order valence-electron chi connectivity index (χ1n) is 4.66. The number of benzene rings is 1. The van der Waals surface area contributed by atoms with E-state index in [9.17, 15) is 14.3 Å². The highest BCUT2D eigenvalue weighted by atomic mass is 35.5. The van der Waals surface area contributed by atoms with E-state index in [1.807, 2.05) is 0 Å². The van der Waals surface area contributed by atoms with Crippen molar-refractivity contribution in [1.29, 1.82) is 0 Å². The molecule has 0 fully saturated rings. The van der Waals surface area contributed by atoms with Crippen LogP contribution >= 0.6 is 11.6 Å². The van der Waals surface area contributed by atoms with Gasteiger partial charge in [-0.15, -0.1) is 0 Å². The van der Waals surface area contributed by atoms with Crippen molar-refractivity contribution >= 4 is 17.4 Å². The first-order valence-corrected chi connectivity index (χ1v) is 5.03. The molecule has 1 atom stereocenters. The molecule has 1 unspecified atom stereocenters. The number of halogens is 2. The number of carbonyl (C=O) groups is 1. The molecule has 1 rings (SSSR count). The van der Waals surface area contributed by atoms with Crippen LogP contribution < -0.4 is 0 Å². The highest BCUT2D eigenvalue weighted by Crippen LogP contribution is 2.22. The number of carbonyl (C=O) groups excluding carboxylic acids is 1. The first kappa shape index (κ1) is 12.1. The lowest BCUT2D eigenvalue weighted by Crippen LogP contribution is -2.20. The molecule has 0 spiro atoms. The molecule has 82 valence electrons. The van der Waals surface area contributed by atoms with Gasteiger partial charge < -0.3 is 5.11 Å². The van der Waals surface area contributed by atoms with Gasteiger partial charge in [-0.3, -0.25) is 4.79 Å². The summed E-state index contributed by atoms with van der Waals surface area (Å²) >= 11 is 5.69. The van der Waals surface area contributed by atoms with Crippen LogP contribution in [-0.2, 0) is 0 Å². The lowest BCUT2D eigenvalue weighted by molar-refractivity contribution is 0.0736. The van der Waals surface area contributed by atoms with Gasteiger partial charge in [-0.25, -0.2) is 4.39 Å². The minimum Gasteiger partial charge on any atom is -0.385 e. The summed E-state index contributed by atoms with van der Waals surface area (Å²) in [7, 11) is 0. The summed E-state index contributed by atoms with van der Waals surface area (Å²) in [5, 5.41) is 9.59. The molecule has 0 bridgehead atoms. The second-order valence-electron chi connectivity index (χ2n) is 3.32. The Kier molecular flexibility index (Phi) is 3.83. The number of ketones is 1. The predicted octanol–water partition coefficient (Wildman–Crippen LogP) is 2.74. The molecule has 0 saturated carbocycles. The van der Waals surface area contributed by atoms with Crippen molar-refractivity contribution in [2.24, 2.45) is 0 Å². The number of hydrogen-bond donors (Lipinski definition) is 1. The topological polar surface area (TPSA) is 37.3 Å². The van der Waals surface area contributed by atoms with Crippen molar-refractivity contribution in [1.82, 2.24) is 0 Å². The van der Waals surface area contributed by atoms with E-state index < -0.39 is 17.7 Å². The van der Waals surface area contributed by atoms with Crippen LogP contribution in [0.4, 0.5) is 4.39 Å². The fourth-order valence-corrected chi connectivity index (χ4v) is 1.36. The van der Waals surface area contributed by atoms with Crippen molar-refractivity contribution in [2.75, 3.05) is 0 Å². The average molecular weight is 231 g/mol. The maximum Gasteiger partial charge on any atom is 0.194 e. The fourth-order valence-electron chi connectivity index (χ4n) is 1.22. The zero-order valence-electron chi connectivity index (χ0n) is 8.55. The summed E-state index contributed by atoms with van der Waals surface area (Å²) < 4.78 is 13.6. The van der Waals surface area contributed by atoms with Gasteiger partial charge in [0.15, 0.2) is 5.78 Å². The molecule has 0 aliphatic rings. The van der Waals surface area contributed by atoms with Crippen LogP contribution in [0.2, 0.25) is 5.02 Å². The highest BCUT2D eigenvalue weighted by molar-refractivity contribution is 6.31. The zero-order chi connectivity index (χ0) is 11.6. The van der Waals surface area contributed by atoms with Gasteiger partial charge in [0.05, 0.1) is 5.56 Å². The largest absolute Gasteiger partial charge is 0.385 e. The Morgan fingerprint density at radius 3 is 2.73 bits per heavy atom. The van der Waals surface area contributed by atoms with E-state index in [0.717, 1.165) is 0 Å². The van der Waals surface area contributed by atoms with E-state index in [2.05, 4.69) is 0 Å². The van der Waals surface area contributed by atoms with E-state index >= 15 is 0 Å². The van der Waals surface area contributed by atoms with Crippen molar-refractivity contribution in [3.63, 3.8) is 0 Å². The van der Waals surface area contributed by atoms with E-state index in [0.29, 0.717) is 0 Å². The van der Waals surface area contributed by atoms with Crippen LogP contribution in [0, 0.1) is 12.7 Å². The Labute approximate surface area is 92.7 Å². The van der Waals surface area contributed by atoms with Crippen LogP contribution in [0.15, 0.2) is 12.1 Å². The predicted molar refractivity (Wildman–Crippen MR) is 56.8 cm³/mol. The monoisotopic (exact) mass is 230 g/mol. The van der Waals surface area contributed by atoms with Gasteiger partial charge in [0, 0.05) is 10.6 Å². The molecule has 0 heterocycles. The van der Waals surface area contributed by atoms with E-state index in [1.165, 1.54) is 19.1 Å². The van der Waals surface area contributed by atoms with Gasteiger partial charge in [-0.2, -0.15) is 0 Å². The minimum atomic E-state index is -1.15. The molecule has 0 radical (unpaired) electrons. The Bertz CT molecular complexity index is 390. The summed E-state index contributed by atoms with van der Waals surface area (Å²) in [4.78, 5) is 11.5. The SMILES string of the molecule is CCC(O)C(=O)c1ccc(Cl)c(C)c1F. The summed E-state index contributed by atoms with van der Waals surface area (Å²) in [5.41, 5.74) is 0.122. The van der Waals surface area contributed by atoms with Gasteiger partial charge in [0.1, 0.15) is 11.9 Å². The number of aliphatic hydroxyl groups excluding tert-OH is 1. The molecule has 1 aromatic carbocycles. The van der Waals surface area contributed by atoms with Gasteiger partial charge in [-0.1, -0.05) is 18.5 Å². The third kappa shape index (κ3) is 2.36. The number of Topliss-reactive ketones (excluding diaryl/α,β-unsaturated/α-hetero) is 1. The van der Waals surface area contributed by atoms with Gasteiger partial charge in [0.25, 0.3) is 0 Å². The van der Waals surface area contributed by atoms with Crippen molar-refractivity contribution < 1.29 is 14.3 Å². The van der Waals surface area contributed by atoms with Crippen molar-refractivity contribution in [2.45, 2.75) is 26.4 Å². The summed E-state index contributed by atoms with van der Waals surface area (Å²) in [6.07, 6.45) is -0.889. The second-order valence-corrected chi connectivity index (χ2v) is 3.73. The normalized spacial score (nSPS) is 12.6. The molecule has 0 amide bonds. The number of aliphatic hydroxyl groups is 1. The molecule has 0 saturated heterocycles. The maximum atomic E-state index is 13.6. The molecule has 0 aromatic heterocycles. The smallest absolute Gasteiger partial charge is 0.194 e. The van der Waals surface area contributed by atoms with Crippen LogP contribution in [-0.4, -0.2) is 17.0 Å². The first-order chi connectivity index (χ1) is 6.99. The maximum absolute atomic E-state index is 13.6. The van der Waals surface area contributed by atoms with Crippen LogP contribution in [0.3, 0.4) is 0 Å².